The number of carbonyl (C=O) groups excluding carboxylic acids is 1. The van der Waals surface area contributed by atoms with Crippen molar-refractivity contribution in [1.29, 1.82) is 0 Å². The van der Waals surface area contributed by atoms with E-state index in [2.05, 4.69) is 22.1 Å². The van der Waals surface area contributed by atoms with Crippen molar-refractivity contribution in [2.45, 2.75) is 51.6 Å². The fraction of sp³-hybridized carbons (Fsp3) is 0.625. The number of likely N-dealkylation sites (tertiary alicyclic amines) is 1. The van der Waals surface area contributed by atoms with Crippen molar-refractivity contribution in [2.75, 3.05) is 13.1 Å². The Labute approximate surface area is 121 Å². The Morgan fingerprint density at radius 1 is 1.40 bits per heavy atom. The number of rotatable bonds is 6. The Kier molecular flexibility index (Phi) is 5.99. The molecule has 4 heteroatoms. The van der Waals surface area contributed by atoms with E-state index in [0.717, 1.165) is 18.7 Å². The third kappa shape index (κ3) is 4.60. The fourth-order valence-corrected chi connectivity index (χ4v) is 2.85. The number of hydrogen-bond donors (Lipinski definition) is 1. The number of piperidine rings is 1. The maximum atomic E-state index is 11.9. The van der Waals surface area contributed by atoms with Crippen LogP contribution in [-0.2, 0) is 11.3 Å². The standard InChI is InChI=1S/C16H25N3O/c1-2-15-5-3-4-11-19(15)12-8-16(20)18-13-14-6-9-17-10-7-14/h6-7,9-10,15H,2-5,8,11-13H2,1H3,(H,18,20). The molecule has 20 heavy (non-hydrogen) atoms. The molecule has 0 saturated carbocycles. The minimum atomic E-state index is 0.141. The van der Waals surface area contributed by atoms with E-state index < -0.39 is 0 Å². The molecule has 1 unspecified atom stereocenters. The molecule has 0 spiro atoms. The van der Waals surface area contributed by atoms with Gasteiger partial charge in [-0.05, 0) is 43.5 Å². The molecule has 2 rings (SSSR count). The topological polar surface area (TPSA) is 45.2 Å². The van der Waals surface area contributed by atoms with Crippen LogP contribution in [-0.4, -0.2) is 34.9 Å². The van der Waals surface area contributed by atoms with Crippen LogP contribution in [0.4, 0.5) is 0 Å². The van der Waals surface area contributed by atoms with Crippen LogP contribution < -0.4 is 5.32 Å². The van der Waals surface area contributed by atoms with E-state index in [1.165, 1.54) is 25.7 Å². The number of carbonyl (C=O) groups is 1. The first-order chi connectivity index (χ1) is 9.79. The SMILES string of the molecule is CCC1CCCCN1CCC(=O)NCc1ccncc1. The highest BCUT2D eigenvalue weighted by Gasteiger charge is 2.20. The van der Waals surface area contributed by atoms with E-state index in [1.807, 2.05) is 12.1 Å². The normalized spacial score (nSPS) is 19.8. The third-order valence-electron chi connectivity index (χ3n) is 4.09. The molecule has 2 heterocycles. The summed E-state index contributed by atoms with van der Waals surface area (Å²) in [6.45, 7) is 4.88. The van der Waals surface area contributed by atoms with E-state index in [-0.39, 0.29) is 5.91 Å². The van der Waals surface area contributed by atoms with Gasteiger partial charge in [-0.2, -0.15) is 0 Å². The molecule has 1 aromatic rings. The quantitative estimate of drug-likeness (QED) is 0.867. The van der Waals surface area contributed by atoms with Crippen LogP contribution in [0.15, 0.2) is 24.5 Å². The number of amides is 1. The molecule has 0 aromatic carbocycles. The first-order valence-corrected chi connectivity index (χ1v) is 7.69. The molecule has 1 fully saturated rings. The van der Waals surface area contributed by atoms with Gasteiger partial charge in [0.25, 0.3) is 0 Å². The molecule has 110 valence electrons. The van der Waals surface area contributed by atoms with Gasteiger partial charge in [0.15, 0.2) is 0 Å². The summed E-state index contributed by atoms with van der Waals surface area (Å²) >= 11 is 0. The van der Waals surface area contributed by atoms with Crippen molar-refractivity contribution in [1.82, 2.24) is 15.2 Å². The van der Waals surface area contributed by atoms with E-state index in [9.17, 15) is 4.79 Å². The zero-order valence-corrected chi connectivity index (χ0v) is 12.3. The minimum absolute atomic E-state index is 0.141. The largest absolute Gasteiger partial charge is 0.352 e. The summed E-state index contributed by atoms with van der Waals surface area (Å²) in [7, 11) is 0. The summed E-state index contributed by atoms with van der Waals surface area (Å²) in [6.07, 6.45) is 9.19. The van der Waals surface area contributed by atoms with Gasteiger partial charge < -0.3 is 5.32 Å². The summed E-state index contributed by atoms with van der Waals surface area (Å²) in [4.78, 5) is 18.4. The molecule has 4 nitrogen and oxygen atoms in total. The van der Waals surface area contributed by atoms with Crippen molar-refractivity contribution in [3.05, 3.63) is 30.1 Å². The van der Waals surface area contributed by atoms with E-state index in [1.54, 1.807) is 12.4 Å². The number of hydrogen-bond acceptors (Lipinski definition) is 3. The van der Waals surface area contributed by atoms with Gasteiger partial charge in [-0.1, -0.05) is 13.3 Å². The maximum absolute atomic E-state index is 11.9. The zero-order valence-electron chi connectivity index (χ0n) is 12.3. The molecule has 1 saturated heterocycles. The monoisotopic (exact) mass is 275 g/mol. The highest BCUT2D eigenvalue weighted by atomic mass is 16.1. The summed E-state index contributed by atoms with van der Waals surface area (Å²) in [6, 6.07) is 4.53. The number of nitrogens with zero attached hydrogens (tertiary/aromatic N) is 2. The molecule has 0 radical (unpaired) electrons. The summed E-state index contributed by atoms with van der Waals surface area (Å²) in [5.41, 5.74) is 1.10. The van der Waals surface area contributed by atoms with Crippen LogP contribution in [0.2, 0.25) is 0 Å². The lowest BCUT2D eigenvalue weighted by molar-refractivity contribution is -0.121. The highest BCUT2D eigenvalue weighted by molar-refractivity contribution is 5.76. The molecule has 1 aliphatic rings. The van der Waals surface area contributed by atoms with E-state index in [4.69, 9.17) is 0 Å². The van der Waals surface area contributed by atoms with Crippen LogP contribution in [0, 0.1) is 0 Å². The Bertz CT molecular complexity index is 407. The molecule has 0 aliphatic carbocycles. The molecule has 1 aromatic heterocycles. The molecule has 1 atom stereocenters. The van der Waals surface area contributed by atoms with Crippen molar-refractivity contribution in [3.63, 3.8) is 0 Å². The van der Waals surface area contributed by atoms with Crippen LogP contribution in [0.3, 0.4) is 0 Å². The van der Waals surface area contributed by atoms with Gasteiger partial charge in [-0.25, -0.2) is 0 Å². The summed E-state index contributed by atoms with van der Waals surface area (Å²) in [5, 5.41) is 2.98. The minimum Gasteiger partial charge on any atom is -0.352 e. The lowest BCUT2D eigenvalue weighted by atomic mass is 10.00. The molecule has 1 aliphatic heterocycles. The Morgan fingerprint density at radius 2 is 2.20 bits per heavy atom. The van der Waals surface area contributed by atoms with Crippen LogP contribution in [0.25, 0.3) is 0 Å². The van der Waals surface area contributed by atoms with Gasteiger partial charge in [0.1, 0.15) is 0 Å². The Hall–Kier alpha value is -1.42. The van der Waals surface area contributed by atoms with Gasteiger partial charge in [0.05, 0.1) is 0 Å². The van der Waals surface area contributed by atoms with Crippen molar-refractivity contribution < 1.29 is 4.79 Å². The lowest BCUT2D eigenvalue weighted by Crippen LogP contribution is -2.41. The van der Waals surface area contributed by atoms with Crippen molar-refractivity contribution in [2.24, 2.45) is 0 Å². The van der Waals surface area contributed by atoms with Gasteiger partial charge in [-0.15, -0.1) is 0 Å². The second-order valence-electron chi connectivity index (χ2n) is 5.48. The average Bonchev–Trinajstić information content (AvgIpc) is 2.52. The van der Waals surface area contributed by atoms with Crippen molar-refractivity contribution in [3.8, 4) is 0 Å². The van der Waals surface area contributed by atoms with Crippen LogP contribution >= 0.6 is 0 Å². The van der Waals surface area contributed by atoms with Crippen molar-refractivity contribution >= 4 is 5.91 Å². The smallest absolute Gasteiger partial charge is 0.221 e. The number of pyridine rings is 1. The fourth-order valence-electron chi connectivity index (χ4n) is 2.85. The predicted octanol–water partition coefficient (Wildman–Crippen LogP) is 2.35. The lowest BCUT2D eigenvalue weighted by Gasteiger charge is -2.35. The summed E-state index contributed by atoms with van der Waals surface area (Å²) < 4.78 is 0. The Balaban J connectivity index is 1.69. The van der Waals surface area contributed by atoms with Crippen LogP contribution in [0.5, 0.6) is 0 Å². The predicted molar refractivity (Wildman–Crippen MR) is 80.2 cm³/mol. The van der Waals surface area contributed by atoms with Gasteiger partial charge >= 0.3 is 0 Å². The summed E-state index contributed by atoms with van der Waals surface area (Å²) in [5.74, 6) is 0.141. The first-order valence-electron chi connectivity index (χ1n) is 7.69. The molecular formula is C16H25N3O. The van der Waals surface area contributed by atoms with Gasteiger partial charge in [-0.3, -0.25) is 14.7 Å². The van der Waals surface area contributed by atoms with Crippen LogP contribution in [0.1, 0.15) is 44.6 Å². The zero-order chi connectivity index (χ0) is 14.2. The molecular weight excluding hydrogens is 250 g/mol. The van der Waals surface area contributed by atoms with E-state index >= 15 is 0 Å². The Morgan fingerprint density at radius 3 is 2.95 bits per heavy atom. The van der Waals surface area contributed by atoms with E-state index in [0.29, 0.717) is 19.0 Å². The highest BCUT2D eigenvalue weighted by Crippen LogP contribution is 2.19. The number of aromatic nitrogens is 1. The van der Waals surface area contributed by atoms with Gasteiger partial charge in [0.2, 0.25) is 5.91 Å². The third-order valence-corrected chi connectivity index (χ3v) is 4.09. The molecule has 1 amide bonds. The average molecular weight is 275 g/mol. The molecule has 1 N–H and O–H groups in total. The van der Waals surface area contributed by atoms with Gasteiger partial charge in [0, 0.05) is 37.9 Å². The maximum Gasteiger partial charge on any atom is 0.221 e. The second kappa shape index (κ2) is 8.00. The number of nitrogens with one attached hydrogen (secondary N) is 1. The molecule has 0 bridgehead atoms. The first kappa shape index (κ1) is 15.0. The second-order valence-corrected chi connectivity index (χ2v) is 5.48.